The predicted octanol–water partition coefficient (Wildman–Crippen LogP) is 2.62. The molecule has 6 nitrogen and oxygen atoms in total. The summed E-state index contributed by atoms with van der Waals surface area (Å²) < 4.78 is 3.26. The van der Waals surface area contributed by atoms with Crippen molar-refractivity contribution < 1.29 is 0 Å². The number of hydrogen-bond acceptors (Lipinski definition) is 4. The average molecular weight is 301 g/mol. The molecule has 21 heavy (non-hydrogen) atoms. The summed E-state index contributed by atoms with van der Waals surface area (Å²) in [6.45, 7) is 3.88. The molecule has 0 radical (unpaired) electrons. The first kappa shape index (κ1) is 13.5. The lowest BCUT2D eigenvalue weighted by Crippen LogP contribution is -2.06. The van der Waals surface area contributed by atoms with E-state index < -0.39 is 0 Å². The molecule has 0 aliphatic rings. The van der Waals surface area contributed by atoms with Crippen LogP contribution < -0.4 is 0 Å². The molecule has 3 rings (SSSR count). The van der Waals surface area contributed by atoms with Crippen LogP contribution in [0.1, 0.15) is 17.0 Å². The van der Waals surface area contributed by atoms with Crippen LogP contribution in [0.15, 0.2) is 41.8 Å². The maximum Gasteiger partial charge on any atom is 0.273 e. The third-order valence-electron chi connectivity index (χ3n) is 2.94. The van der Waals surface area contributed by atoms with Crippen molar-refractivity contribution in [3.63, 3.8) is 0 Å². The summed E-state index contributed by atoms with van der Waals surface area (Å²) in [7, 11) is 0. The van der Waals surface area contributed by atoms with Crippen molar-refractivity contribution in [1.82, 2.24) is 24.7 Å². The smallest absolute Gasteiger partial charge is 0.202 e. The van der Waals surface area contributed by atoms with Gasteiger partial charge in [0.15, 0.2) is 0 Å². The Bertz CT molecular complexity index is 801. The van der Waals surface area contributed by atoms with Gasteiger partial charge in [0.05, 0.1) is 11.9 Å². The van der Waals surface area contributed by atoms with E-state index in [1.807, 2.05) is 44.2 Å². The number of hydrogen-bond donors (Lipinski definition) is 0. The highest BCUT2D eigenvalue weighted by Crippen LogP contribution is 2.13. The second-order valence-corrected chi connectivity index (χ2v) is 4.99. The van der Waals surface area contributed by atoms with Gasteiger partial charge in [-0.3, -0.25) is 0 Å². The molecule has 1 aromatic carbocycles. The number of benzene rings is 1. The maximum atomic E-state index is 6.10. The summed E-state index contributed by atoms with van der Waals surface area (Å²) in [5.41, 5.74) is 2.71. The van der Waals surface area contributed by atoms with Crippen LogP contribution in [0.3, 0.4) is 0 Å². The van der Waals surface area contributed by atoms with Crippen molar-refractivity contribution in [2.24, 2.45) is 5.10 Å². The van der Waals surface area contributed by atoms with Crippen molar-refractivity contribution in [2.75, 3.05) is 0 Å². The van der Waals surface area contributed by atoms with Gasteiger partial charge in [-0.15, -0.1) is 10.2 Å². The molecule has 0 atom stereocenters. The topological polar surface area (TPSA) is 60.9 Å². The lowest BCUT2D eigenvalue weighted by Gasteiger charge is -2.02. The van der Waals surface area contributed by atoms with Crippen molar-refractivity contribution in [1.29, 1.82) is 0 Å². The first-order valence-corrected chi connectivity index (χ1v) is 6.75. The van der Waals surface area contributed by atoms with Crippen molar-refractivity contribution in [3.05, 3.63) is 58.6 Å². The van der Waals surface area contributed by atoms with E-state index in [2.05, 4.69) is 20.4 Å². The summed E-state index contributed by atoms with van der Waals surface area (Å²) in [6.07, 6.45) is 3.19. The van der Waals surface area contributed by atoms with Crippen LogP contribution in [0, 0.1) is 13.8 Å². The van der Waals surface area contributed by atoms with Crippen molar-refractivity contribution >= 4 is 17.8 Å². The van der Waals surface area contributed by atoms with Crippen LogP contribution in [-0.4, -0.2) is 30.9 Å². The zero-order valence-corrected chi connectivity index (χ0v) is 12.4. The molecule has 3 aromatic rings. The fourth-order valence-electron chi connectivity index (χ4n) is 1.98. The van der Waals surface area contributed by atoms with Crippen LogP contribution in [0.5, 0.6) is 0 Å². The molecule has 0 fully saturated rings. The molecular weight excluding hydrogens is 288 g/mol. The van der Waals surface area contributed by atoms with Gasteiger partial charge in [0.25, 0.3) is 5.95 Å². The molecule has 0 spiro atoms. The summed E-state index contributed by atoms with van der Waals surface area (Å²) >= 11 is 6.10. The third kappa shape index (κ3) is 2.71. The number of aromatic nitrogens is 5. The van der Waals surface area contributed by atoms with Gasteiger partial charge in [-0.05, 0) is 26.0 Å². The van der Waals surface area contributed by atoms with Gasteiger partial charge in [-0.25, -0.2) is 4.68 Å². The van der Waals surface area contributed by atoms with E-state index in [1.165, 1.54) is 6.33 Å². The molecule has 0 N–H and O–H groups in total. The Morgan fingerprint density at radius 2 is 2.05 bits per heavy atom. The summed E-state index contributed by atoms with van der Waals surface area (Å²) in [6, 6.07) is 9.45. The van der Waals surface area contributed by atoms with Gasteiger partial charge in [-0.1, -0.05) is 29.8 Å². The Hall–Kier alpha value is -2.47. The molecule has 2 aromatic heterocycles. The van der Waals surface area contributed by atoms with Gasteiger partial charge in [0, 0.05) is 16.3 Å². The zero-order chi connectivity index (χ0) is 14.8. The fourth-order valence-corrected chi connectivity index (χ4v) is 2.16. The predicted molar refractivity (Wildman–Crippen MR) is 81.1 cm³/mol. The van der Waals surface area contributed by atoms with Gasteiger partial charge >= 0.3 is 0 Å². The van der Waals surface area contributed by atoms with E-state index in [0.29, 0.717) is 11.0 Å². The lowest BCUT2D eigenvalue weighted by atomic mass is 10.2. The largest absolute Gasteiger partial charge is 0.273 e. The quantitative estimate of drug-likeness (QED) is 0.699. The molecule has 0 amide bonds. The molecule has 0 aliphatic carbocycles. The highest BCUT2D eigenvalue weighted by Gasteiger charge is 2.10. The van der Waals surface area contributed by atoms with E-state index in [9.17, 15) is 0 Å². The number of nitrogens with zero attached hydrogens (tertiary/aromatic N) is 6. The summed E-state index contributed by atoms with van der Waals surface area (Å²) in [4.78, 5) is 0. The van der Waals surface area contributed by atoms with Crippen molar-refractivity contribution in [3.8, 4) is 5.95 Å². The second-order valence-electron chi connectivity index (χ2n) is 4.58. The van der Waals surface area contributed by atoms with Crippen LogP contribution in [0.25, 0.3) is 5.95 Å². The molecule has 0 bridgehead atoms. The van der Waals surface area contributed by atoms with Crippen LogP contribution >= 0.6 is 11.6 Å². The minimum atomic E-state index is 0.531. The van der Waals surface area contributed by atoms with E-state index in [4.69, 9.17) is 11.6 Å². The minimum absolute atomic E-state index is 0.531. The fraction of sp³-hybridized carbons (Fsp3) is 0.143. The molecule has 0 saturated carbocycles. The Labute approximate surface area is 126 Å². The lowest BCUT2D eigenvalue weighted by molar-refractivity contribution is 0.717. The maximum absolute atomic E-state index is 6.10. The van der Waals surface area contributed by atoms with E-state index in [0.717, 1.165) is 17.0 Å². The molecule has 0 saturated heterocycles. The average Bonchev–Trinajstić information content (AvgIpc) is 3.04. The minimum Gasteiger partial charge on any atom is -0.202 e. The molecule has 7 heteroatoms. The van der Waals surface area contributed by atoms with Crippen LogP contribution in [-0.2, 0) is 0 Å². The normalized spacial score (nSPS) is 11.4. The van der Waals surface area contributed by atoms with Crippen molar-refractivity contribution in [2.45, 2.75) is 13.8 Å². The Morgan fingerprint density at radius 1 is 1.24 bits per heavy atom. The van der Waals surface area contributed by atoms with Gasteiger partial charge in [0.1, 0.15) is 6.33 Å². The van der Waals surface area contributed by atoms with E-state index in [1.54, 1.807) is 15.6 Å². The first-order valence-electron chi connectivity index (χ1n) is 6.37. The first-order chi connectivity index (χ1) is 10.1. The molecule has 2 heterocycles. The van der Waals surface area contributed by atoms with Crippen LogP contribution in [0.2, 0.25) is 5.02 Å². The van der Waals surface area contributed by atoms with Gasteiger partial charge in [-0.2, -0.15) is 14.9 Å². The van der Waals surface area contributed by atoms with Crippen LogP contribution in [0.4, 0.5) is 0 Å². The molecule has 0 aliphatic heterocycles. The highest BCUT2D eigenvalue weighted by molar-refractivity contribution is 6.33. The monoisotopic (exact) mass is 300 g/mol. The van der Waals surface area contributed by atoms with E-state index in [-0.39, 0.29) is 0 Å². The zero-order valence-electron chi connectivity index (χ0n) is 11.6. The standard InChI is InChI=1S/C14H13ClN6/c1-10-7-11(2)21(19-10)14-18-16-9-20(14)17-8-12-5-3-4-6-13(12)15/h3-9H,1-2H3/b17-8-. The Balaban J connectivity index is 1.97. The van der Waals surface area contributed by atoms with Gasteiger partial charge in [0.2, 0.25) is 0 Å². The summed E-state index contributed by atoms with van der Waals surface area (Å²) in [5.74, 6) is 0.531. The van der Waals surface area contributed by atoms with E-state index >= 15 is 0 Å². The SMILES string of the molecule is Cc1cc(C)n(-c2nncn2/N=C\c2ccccc2Cl)n1. The number of halogens is 1. The second kappa shape index (κ2) is 5.49. The Kier molecular flexibility index (Phi) is 3.53. The third-order valence-corrected chi connectivity index (χ3v) is 3.28. The molecule has 106 valence electrons. The molecular formula is C14H13ClN6. The van der Waals surface area contributed by atoms with Gasteiger partial charge < -0.3 is 0 Å². The summed E-state index contributed by atoms with van der Waals surface area (Å²) in [5, 5.41) is 17.3. The highest BCUT2D eigenvalue weighted by atomic mass is 35.5. The Morgan fingerprint density at radius 3 is 2.76 bits per heavy atom. The number of aryl methyl sites for hydroxylation is 2. The number of rotatable bonds is 3. The molecule has 0 unspecified atom stereocenters.